The van der Waals surface area contributed by atoms with E-state index in [-0.39, 0.29) is 18.6 Å². The van der Waals surface area contributed by atoms with Crippen LogP contribution in [0, 0.1) is 5.82 Å². The molecule has 1 heterocycles. The molecule has 1 aliphatic heterocycles. The van der Waals surface area contributed by atoms with Crippen LogP contribution in [0.25, 0.3) is 0 Å². The third-order valence-corrected chi connectivity index (χ3v) is 3.83. The van der Waals surface area contributed by atoms with Crippen LogP contribution in [0.2, 0.25) is 0 Å². The molecule has 1 aliphatic rings. The van der Waals surface area contributed by atoms with Crippen LogP contribution in [-0.4, -0.2) is 57.9 Å². The number of halogens is 1. The Morgan fingerprint density at radius 3 is 3.04 bits per heavy atom. The van der Waals surface area contributed by atoms with Crippen molar-refractivity contribution in [1.29, 1.82) is 0 Å². The number of amides is 1. The Morgan fingerprint density at radius 1 is 1.42 bits per heavy atom. The van der Waals surface area contributed by atoms with Crippen molar-refractivity contribution < 1.29 is 18.7 Å². The third kappa shape index (κ3) is 7.79. The van der Waals surface area contributed by atoms with Gasteiger partial charge in [-0.3, -0.25) is 9.79 Å². The van der Waals surface area contributed by atoms with E-state index in [0.29, 0.717) is 31.4 Å². The molecular formula is C18H27FN4O3. The highest BCUT2D eigenvalue weighted by Crippen LogP contribution is 2.11. The molecule has 1 fully saturated rings. The molecule has 144 valence electrons. The van der Waals surface area contributed by atoms with Crippen LogP contribution in [0.4, 0.5) is 10.1 Å². The van der Waals surface area contributed by atoms with Gasteiger partial charge in [0.05, 0.1) is 19.3 Å². The number of ether oxygens (including phenoxy) is 2. The first-order chi connectivity index (χ1) is 12.7. The second kappa shape index (κ2) is 11.4. The number of nitrogens with one attached hydrogen (secondary N) is 3. The van der Waals surface area contributed by atoms with Crippen LogP contribution in [0.1, 0.15) is 19.3 Å². The number of guanidine groups is 1. The van der Waals surface area contributed by atoms with E-state index in [9.17, 15) is 9.18 Å². The van der Waals surface area contributed by atoms with E-state index < -0.39 is 5.82 Å². The topological polar surface area (TPSA) is 84.0 Å². The van der Waals surface area contributed by atoms with Gasteiger partial charge in [-0.1, -0.05) is 6.07 Å². The van der Waals surface area contributed by atoms with Crippen molar-refractivity contribution in [2.24, 2.45) is 4.99 Å². The number of rotatable bonds is 9. The molecule has 0 bridgehead atoms. The first kappa shape index (κ1) is 20.1. The summed E-state index contributed by atoms with van der Waals surface area (Å²) in [5.74, 6) is -0.146. The highest BCUT2D eigenvalue weighted by atomic mass is 19.1. The Labute approximate surface area is 153 Å². The normalized spacial score (nSPS) is 17.2. The van der Waals surface area contributed by atoms with Crippen LogP contribution in [0.15, 0.2) is 29.3 Å². The Bertz CT molecular complexity index is 592. The van der Waals surface area contributed by atoms with E-state index in [1.807, 2.05) is 0 Å². The number of aliphatic imine (C=N–C) groups is 1. The minimum atomic E-state index is -0.394. The molecule has 1 unspecified atom stereocenters. The van der Waals surface area contributed by atoms with Gasteiger partial charge in [-0.25, -0.2) is 4.39 Å². The van der Waals surface area contributed by atoms with Crippen LogP contribution in [0.3, 0.4) is 0 Å². The quantitative estimate of drug-likeness (QED) is 0.351. The molecule has 0 spiro atoms. The molecule has 0 aliphatic carbocycles. The van der Waals surface area contributed by atoms with Crippen molar-refractivity contribution in [1.82, 2.24) is 10.6 Å². The van der Waals surface area contributed by atoms with Crippen LogP contribution >= 0.6 is 0 Å². The molecule has 1 aromatic carbocycles. The Hall–Kier alpha value is -2.19. The molecule has 1 amide bonds. The molecule has 1 atom stereocenters. The van der Waals surface area contributed by atoms with Crippen LogP contribution in [-0.2, 0) is 14.3 Å². The molecule has 1 saturated heterocycles. The smallest absolute Gasteiger partial charge is 0.243 e. The molecule has 1 aromatic rings. The summed E-state index contributed by atoms with van der Waals surface area (Å²) in [5, 5.41) is 8.64. The number of hydrogen-bond acceptors (Lipinski definition) is 4. The summed E-state index contributed by atoms with van der Waals surface area (Å²) in [5.41, 5.74) is 0.420. The fourth-order valence-corrected chi connectivity index (χ4v) is 2.53. The largest absolute Gasteiger partial charge is 0.379 e. The van der Waals surface area contributed by atoms with E-state index in [4.69, 9.17) is 9.47 Å². The number of nitrogens with zero attached hydrogens (tertiary/aromatic N) is 1. The monoisotopic (exact) mass is 366 g/mol. The summed E-state index contributed by atoms with van der Waals surface area (Å²) >= 11 is 0. The maximum Gasteiger partial charge on any atom is 0.243 e. The molecule has 2 rings (SSSR count). The lowest BCUT2D eigenvalue weighted by atomic mass is 10.2. The molecular weight excluding hydrogens is 339 g/mol. The van der Waals surface area contributed by atoms with E-state index in [0.717, 1.165) is 25.9 Å². The summed E-state index contributed by atoms with van der Waals surface area (Å²) in [4.78, 5) is 15.9. The van der Waals surface area contributed by atoms with Crippen molar-refractivity contribution in [3.8, 4) is 0 Å². The molecule has 26 heavy (non-hydrogen) atoms. The number of benzene rings is 1. The average molecular weight is 366 g/mol. The second-order valence-electron chi connectivity index (χ2n) is 5.97. The van der Waals surface area contributed by atoms with E-state index >= 15 is 0 Å². The van der Waals surface area contributed by atoms with Gasteiger partial charge in [0, 0.05) is 32.5 Å². The van der Waals surface area contributed by atoms with Crippen molar-refractivity contribution in [2.75, 3.05) is 45.3 Å². The summed E-state index contributed by atoms with van der Waals surface area (Å²) in [6, 6.07) is 5.76. The lowest BCUT2D eigenvalue weighted by Crippen LogP contribution is -2.41. The minimum Gasteiger partial charge on any atom is -0.379 e. The van der Waals surface area contributed by atoms with Gasteiger partial charge in [0.2, 0.25) is 5.91 Å². The van der Waals surface area contributed by atoms with Crippen molar-refractivity contribution >= 4 is 17.6 Å². The fourth-order valence-electron chi connectivity index (χ4n) is 2.53. The van der Waals surface area contributed by atoms with Gasteiger partial charge in [-0.05, 0) is 37.5 Å². The fraction of sp³-hybridized carbons (Fsp3) is 0.556. The second-order valence-corrected chi connectivity index (χ2v) is 5.97. The zero-order valence-electron chi connectivity index (χ0n) is 15.1. The van der Waals surface area contributed by atoms with E-state index in [1.165, 1.54) is 12.1 Å². The third-order valence-electron chi connectivity index (χ3n) is 3.83. The summed E-state index contributed by atoms with van der Waals surface area (Å²) in [7, 11) is 1.63. The van der Waals surface area contributed by atoms with Crippen molar-refractivity contribution in [3.63, 3.8) is 0 Å². The average Bonchev–Trinajstić information content (AvgIpc) is 3.14. The predicted molar refractivity (Wildman–Crippen MR) is 98.8 cm³/mol. The molecule has 3 N–H and O–H groups in total. The molecule has 8 heteroatoms. The van der Waals surface area contributed by atoms with Gasteiger partial charge >= 0.3 is 0 Å². The highest BCUT2D eigenvalue weighted by molar-refractivity contribution is 5.94. The molecule has 7 nitrogen and oxygen atoms in total. The summed E-state index contributed by atoms with van der Waals surface area (Å²) in [6.07, 6.45) is 3.26. The molecule has 0 radical (unpaired) electrons. The van der Waals surface area contributed by atoms with Gasteiger partial charge in [-0.2, -0.15) is 0 Å². The number of carbonyl (C=O) groups is 1. The molecule has 0 saturated carbocycles. The molecule has 0 aromatic heterocycles. The standard InChI is InChI=1S/C18H27FN4O3/c1-20-18(21-8-4-9-25-13-16-7-3-10-26-16)22-12-17(24)23-15-6-2-5-14(19)11-15/h2,5-6,11,16H,3-4,7-10,12-13H2,1H3,(H,23,24)(H2,20,21,22). The van der Waals surface area contributed by atoms with Gasteiger partial charge in [-0.15, -0.1) is 0 Å². The van der Waals surface area contributed by atoms with Crippen LogP contribution in [0.5, 0.6) is 0 Å². The highest BCUT2D eigenvalue weighted by Gasteiger charge is 2.14. The lowest BCUT2D eigenvalue weighted by molar-refractivity contribution is -0.115. The zero-order chi connectivity index (χ0) is 18.6. The van der Waals surface area contributed by atoms with Gasteiger partial charge in [0.25, 0.3) is 0 Å². The minimum absolute atomic E-state index is 0.0334. The Balaban J connectivity index is 1.54. The van der Waals surface area contributed by atoms with Crippen LogP contribution < -0.4 is 16.0 Å². The van der Waals surface area contributed by atoms with E-state index in [1.54, 1.807) is 19.2 Å². The first-order valence-electron chi connectivity index (χ1n) is 8.86. The lowest BCUT2D eigenvalue weighted by Gasteiger charge is -2.13. The Morgan fingerprint density at radius 2 is 2.31 bits per heavy atom. The zero-order valence-corrected chi connectivity index (χ0v) is 15.1. The summed E-state index contributed by atoms with van der Waals surface area (Å²) in [6.45, 7) is 2.84. The SMILES string of the molecule is CN=C(NCCCOCC1CCCO1)NCC(=O)Nc1cccc(F)c1. The number of carbonyl (C=O) groups excluding carboxylic acids is 1. The van der Waals surface area contributed by atoms with Gasteiger partial charge in [0.15, 0.2) is 5.96 Å². The number of anilines is 1. The van der Waals surface area contributed by atoms with Crippen molar-refractivity contribution in [2.45, 2.75) is 25.4 Å². The van der Waals surface area contributed by atoms with Crippen molar-refractivity contribution in [3.05, 3.63) is 30.1 Å². The first-order valence-corrected chi connectivity index (χ1v) is 8.86. The van der Waals surface area contributed by atoms with Gasteiger partial charge in [0.1, 0.15) is 5.82 Å². The maximum atomic E-state index is 13.1. The summed E-state index contributed by atoms with van der Waals surface area (Å²) < 4.78 is 24.2. The predicted octanol–water partition coefficient (Wildman–Crippen LogP) is 1.51. The van der Waals surface area contributed by atoms with E-state index in [2.05, 4.69) is 20.9 Å². The maximum absolute atomic E-state index is 13.1. The Kier molecular flexibility index (Phi) is 8.85. The van der Waals surface area contributed by atoms with Gasteiger partial charge < -0.3 is 25.4 Å². The number of hydrogen-bond donors (Lipinski definition) is 3.